The summed E-state index contributed by atoms with van der Waals surface area (Å²) in [5, 5.41) is -7.15. The quantitative estimate of drug-likeness (QED) is 0.526. The molecule has 0 aliphatic heterocycles. The molecule has 0 amide bonds. The summed E-state index contributed by atoms with van der Waals surface area (Å²) < 4.78 is 34.8. The zero-order valence-corrected chi connectivity index (χ0v) is 5.40. The predicted molar refractivity (Wildman–Crippen MR) is 26.2 cm³/mol. The maximum Gasteiger partial charge on any atom is 0.368 e. The zero-order valence-electron chi connectivity index (χ0n) is 3.89. The van der Waals surface area contributed by atoms with E-state index in [0.717, 1.165) is 0 Å². The van der Waals surface area contributed by atoms with Crippen molar-refractivity contribution in [3.63, 3.8) is 0 Å². The van der Waals surface area contributed by atoms with Crippen LogP contribution in [0.5, 0.6) is 0 Å². The highest BCUT2D eigenvalue weighted by Gasteiger charge is 2.48. The van der Waals surface area contributed by atoms with Crippen LogP contribution in [-0.2, 0) is 0 Å². The van der Waals surface area contributed by atoms with E-state index in [-0.39, 0.29) is 0 Å². The molecule has 5 heteroatoms. The molecular weight excluding hydrogens is 164 g/mol. The van der Waals surface area contributed by atoms with Gasteiger partial charge in [-0.25, -0.2) is 4.39 Å². The number of halogens is 5. The lowest BCUT2D eigenvalue weighted by Crippen LogP contribution is -2.30. The van der Waals surface area contributed by atoms with Crippen LogP contribution in [-0.4, -0.2) is 10.5 Å². The van der Waals surface area contributed by atoms with Gasteiger partial charge in [-0.2, -0.15) is 8.78 Å². The third-order valence-corrected chi connectivity index (χ3v) is 1.19. The minimum Gasteiger partial charge on any atom is -0.218 e. The van der Waals surface area contributed by atoms with Crippen molar-refractivity contribution in [2.24, 2.45) is 0 Å². The highest BCUT2D eigenvalue weighted by molar-refractivity contribution is 6.32. The Labute approximate surface area is 54.6 Å². The SMILES string of the molecule is CC(F)(Cl)C(F)(F)Cl. The molecule has 0 heterocycles. The van der Waals surface area contributed by atoms with Crippen LogP contribution in [0.2, 0.25) is 0 Å². The standard InChI is InChI=1S/C3H3Cl2F3/c1-2(4,6)3(5,7)8/h1H3. The van der Waals surface area contributed by atoms with Gasteiger partial charge in [0.05, 0.1) is 0 Å². The normalized spacial score (nSPS) is 20.2. The Balaban J connectivity index is 4.02. The lowest BCUT2D eigenvalue weighted by atomic mass is 10.4. The van der Waals surface area contributed by atoms with E-state index in [9.17, 15) is 13.2 Å². The molecule has 50 valence electrons. The van der Waals surface area contributed by atoms with Crippen molar-refractivity contribution in [2.75, 3.05) is 0 Å². The van der Waals surface area contributed by atoms with Crippen LogP contribution in [0.1, 0.15) is 6.92 Å². The third kappa shape index (κ3) is 2.09. The molecule has 0 bridgehead atoms. The van der Waals surface area contributed by atoms with E-state index in [1.54, 1.807) is 0 Å². The van der Waals surface area contributed by atoms with Gasteiger partial charge in [-0.1, -0.05) is 11.6 Å². The van der Waals surface area contributed by atoms with Crippen LogP contribution in [0.25, 0.3) is 0 Å². The Morgan fingerprint density at radius 2 is 1.25 bits per heavy atom. The topological polar surface area (TPSA) is 0 Å². The number of hydrogen-bond acceptors (Lipinski definition) is 0. The molecule has 0 nitrogen and oxygen atoms in total. The third-order valence-electron chi connectivity index (χ3n) is 0.498. The van der Waals surface area contributed by atoms with Gasteiger partial charge in [0.1, 0.15) is 0 Å². The summed E-state index contributed by atoms with van der Waals surface area (Å²) in [6.45, 7) is 0.488. The average Bonchev–Trinajstić information content (AvgIpc) is 1.25. The largest absolute Gasteiger partial charge is 0.368 e. The molecule has 0 aliphatic rings. The van der Waals surface area contributed by atoms with Crippen LogP contribution in [0, 0.1) is 0 Å². The van der Waals surface area contributed by atoms with Crippen molar-refractivity contribution in [3.05, 3.63) is 0 Å². The molecule has 0 aromatic carbocycles. The van der Waals surface area contributed by atoms with E-state index in [2.05, 4.69) is 23.2 Å². The van der Waals surface area contributed by atoms with E-state index in [4.69, 9.17) is 0 Å². The molecule has 0 spiro atoms. The molecule has 0 aromatic rings. The van der Waals surface area contributed by atoms with Crippen molar-refractivity contribution < 1.29 is 13.2 Å². The van der Waals surface area contributed by atoms with Gasteiger partial charge in [-0.3, -0.25) is 0 Å². The number of hydrogen-bond donors (Lipinski definition) is 0. The Hall–Kier alpha value is 0.370. The molecule has 0 aromatic heterocycles. The average molecular weight is 167 g/mol. The monoisotopic (exact) mass is 166 g/mol. The van der Waals surface area contributed by atoms with Crippen LogP contribution in [0.4, 0.5) is 13.2 Å². The van der Waals surface area contributed by atoms with E-state index < -0.39 is 10.5 Å². The summed E-state index contributed by atoms with van der Waals surface area (Å²) in [6.07, 6.45) is 0. The summed E-state index contributed by atoms with van der Waals surface area (Å²) in [7, 11) is 0. The van der Waals surface area contributed by atoms with Crippen molar-refractivity contribution in [2.45, 2.75) is 17.4 Å². The molecule has 1 unspecified atom stereocenters. The van der Waals surface area contributed by atoms with Gasteiger partial charge in [0.25, 0.3) is 5.13 Å². The molecule has 0 N–H and O–H groups in total. The van der Waals surface area contributed by atoms with Gasteiger partial charge in [0.15, 0.2) is 0 Å². The Kier molecular flexibility index (Phi) is 2.04. The van der Waals surface area contributed by atoms with Crippen LogP contribution in [0.15, 0.2) is 0 Å². The first kappa shape index (κ1) is 8.37. The fourth-order valence-corrected chi connectivity index (χ4v) is 0. The second-order valence-electron chi connectivity index (χ2n) is 1.39. The zero-order chi connectivity index (χ0) is 7.00. The van der Waals surface area contributed by atoms with Gasteiger partial charge in [0.2, 0.25) is 0 Å². The smallest absolute Gasteiger partial charge is 0.218 e. The van der Waals surface area contributed by atoms with E-state index >= 15 is 0 Å². The molecule has 0 fully saturated rings. The molecule has 0 aliphatic carbocycles. The van der Waals surface area contributed by atoms with Gasteiger partial charge in [-0.15, -0.1) is 0 Å². The first-order valence-electron chi connectivity index (χ1n) is 1.69. The Morgan fingerprint density at radius 3 is 1.25 bits per heavy atom. The molecule has 0 rings (SSSR count). The van der Waals surface area contributed by atoms with Gasteiger partial charge >= 0.3 is 5.38 Å². The molecule has 0 saturated heterocycles. The van der Waals surface area contributed by atoms with E-state index in [1.165, 1.54) is 0 Å². The predicted octanol–water partition coefficient (Wildman–Crippen LogP) is 2.74. The van der Waals surface area contributed by atoms with Crippen molar-refractivity contribution in [1.29, 1.82) is 0 Å². The molecule has 1 atom stereocenters. The number of alkyl halides is 5. The lowest BCUT2D eigenvalue weighted by Gasteiger charge is -2.16. The molecule has 8 heavy (non-hydrogen) atoms. The molecule has 0 radical (unpaired) electrons. The van der Waals surface area contributed by atoms with Gasteiger partial charge < -0.3 is 0 Å². The molecule has 0 saturated carbocycles. The second-order valence-corrected chi connectivity index (χ2v) is 2.57. The minimum atomic E-state index is -3.99. The highest BCUT2D eigenvalue weighted by Crippen LogP contribution is 2.38. The summed E-state index contributed by atoms with van der Waals surface area (Å²) in [5.74, 6) is 0. The van der Waals surface area contributed by atoms with Crippen LogP contribution in [0.3, 0.4) is 0 Å². The van der Waals surface area contributed by atoms with Crippen molar-refractivity contribution in [1.82, 2.24) is 0 Å². The Morgan fingerprint density at radius 1 is 1.12 bits per heavy atom. The minimum absolute atomic E-state index is 0.488. The van der Waals surface area contributed by atoms with Crippen LogP contribution < -0.4 is 0 Å². The van der Waals surface area contributed by atoms with Crippen molar-refractivity contribution in [3.8, 4) is 0 Å². The highest BCUT2D eigenvalue weighted by atomic mass is 35.5. The van der Waals surface area contributed by atoms with Gasteiger partial charge in [0, 0.05) is 0 Å². The number of rotatable bonds is 1. The van der Waals surface area contributed by atoms with Crippen molar-refractivity contribution >= 4 is 23.2 Å². The fraction of sp³-hybridized carbons (Fsp3) is 1.00. The maximum absolute atomic E-state index is 11.8. The summed E-state index contributed by atoms with van der Waals surface area (Å²) in [5.41, 5.74) is 0. The van der Waals surface area contributed by atoms with E-state index in [1.807, 2.05) is 0 Å². The summed E-state index contributed by atoms with van der Waals surface area (Å²) in [4.78, 5) is 0. The van der Waals surface area contributed by atoms with Gasteiger partial charge in [-0.05, 0) is 18.5 Å². The summed E-state index contributed by atoms with van der Waals surface area (Å²) in [6, 6.07) is 0. The van der Waals surface area contributed by atoms with Crippen LogP contribution >= 0.6 is 23.2 Å². The maximum atomic E-state index is 11.8. The molecular formula is C3H3Cl2F3. The first-order chi connectivity index (χ1) is 3.25. The lowest BCUT2D eigenvalue weighted by molar-refractivity contribution is -0.00925. The second kappa shape index (κ2) is 1.95. The Bertz CT molecular complexity index is 67.5. The fourth-order valence-electron chi connectivity index (χ4n) is 0. The van der Waals surface area contributed by atoms with E-state index in [0.29, 0.717) is 6.92 Å². The first-order valence-corrected chi connectivity index (χ1v) is 2.45. The summed E-state index contributed by atoms with van der Waals surface area (Å²) >= 11 is 8.63.